The summed E-state index contributed by atoms with van der Waals surface area (Å²) in [6.45, 7) is 11.9. The van der Waals surface area contributed by atoms with Crippen molar-refractivity contribution in [3.63, 3.8) is 0 Å². The SMILES string of the molecule is CC(=O)c1ccc(Oc2c(C)cc(F)cc2C)c([B]OC(C)(C)C(C)(C)O)c1. The van der Waals surface area contributed by atoms with Crippen LogP contribution in [-0.2, 0) is 4.65 Å². The molecular formula is C22H27BFO4. The van der Waals surface area contributed by atoms with E-state index in [4.69, 9.17) is 9.39 Å². The van der Waals surface area contributed by atoms with Crippen LogP contribution in [-0.4, -0.2) is 29.6 Å². The Balaban J connectivity index is 2.41. The first-order valence-electron chi connectivity index (χ1n) is 9.15. The van der Waals surface area contributed by atoms with E-state index in [2.05, 4.69) is 0 Å². The Labute approximate surface area is 167 Å². The summed E-state index contributed by atoms with van der Waals surface area (Å²) in [6.07, 6.45) is 0. The molecular weight excluding hydrogens is 358 g/mol. The molecule has 0 atom stereocenters. The van der Waals surface area contributed by atoms with E-state index in [1.54, 1.807) is 59.7 Å². The fourth-order valence-electron chi connectivity index (χ4n) is 2.48. The van der Waals surface area contributed by atoms with Crippen LogP contribution in [0.4, 0.5) is 4.39 Å². The van der Waals surface area contributed by atoms with Crippen molar-refractivity contribution >= 4 is 18.7 Å². The minimum atomic E-state index is -1.09. The molecule has 0 fully saturated rings. The molecule has 0 aromatic heterocycles. The highest BCUT2D eigenvalue weighted by atomic mass is 19.1. The fourth-order valence-corrected chi connectivity index (χ4v) is 2.48. The summed E-state index contributed by atoms with van der Waals surface area (Å²) in [4.78, 5) is 11.8. The third-order valence-electron chi connectivity index (χ3n) is 5.01. The van der Waals surface area contributed by atoms with Crippen molar-refractivity contribution in [2.45, 2.75) is 59.7 Å². The van der Waals surface area contributed by atoms with Crippen molar-refractivity contribution in [1.29, 1.82) is 0 Å². The van der Waals surface area contributed by atoms with Gasteiger partial charge in [0.15, 0.2) is 5.78 Å². The zero-order chi connectivity index (χ0) is 21.3. The highest BCUT2D eigenvalue weighted by Gasteiger charge is 2.36. The molecule has 2 aromatic rings. The van der Waals surface area contributed by atoms with Crippen LogP contribution in [0.3, 0.4) is 0 Å². The normalized spacial score (nSPS) is 12.0. The lowest BCUT2D eigenvalue weighted by atomic mass is 9.81. The molecule has 0 aliphatic carbocycles. The molecule has 0 aliphatic rings. The van der Waals surface area contributed by atoms with Gasteiger partial charge in [-0.15, -0.1) is 0 Å². The van der Waals surface area contributed by atoms with Crippen LogP contribution in [0.1, 0.15) is 56.1 Å². The largest absolute Gasteiger partial charge is 0.457 e. The first kappa shape index (κ1) is 22.1. The number of halogens is 1. The molecule has 2 rings (SSSR count). The topological polar surface area (TPSA) is 55.8 Å². The lowest BCUT2D eigenvalue weighted by Gasteiger charge is -2.37. The highest BCUT2D eigenvalue weighted by Crippen LogP contribution is 2.30. The van der Waals surface area contributed by atoms with E-state index in [0.29, 0.717) is 33.7 Å². The molecule has 2 aromatic carbocycles. The van der Waals surface area contributed by atoms with Crippen molar-refractivity contribution in [2.24, 2.45) is 0 Å². The van der Waals surface area contributed by atoms with Crippen molar-refractivity contribution in [1.82, 2.24) is 0 Å². The monoisotopic (exact) mass is 385 g/mol. The van der Waals surface area contributed by atoms with Gasteiger partial charge < -0.3 is 14.5 Å². The van der Waals surface area contributed by atoms with E-state index in [-0.39, 0.29) is 11.6 Å². The van der Waals surface area contributed by atoms with Gasteiger partial charge in [-0.25, -0.2) is 4.39 Å². The molecule has 0 saturated carbocycles. The Bertz CT molecular complexity index is 862. The smallest absolute Gasteiger partial charge is 0.334 e. The Kier molecular flexibility index (Phi) is 6.36. The van der Waals surface area contributed by atoms with E-state index in [1.807, 2.05) is 0 Å². The average Bonchev–Trinajstić information content (AvgIpc) is 2.55. The third-order valence-corrected chi connectivity index (χ3v) is 5.01. The third kappa shape index (κ3) is 5.00. The summed E-state index contributed by atoms with van der Waals surface area (Å²) in [6, 6.07) is 7.84. The number of Topliss-reactive ketones (excluding diaryl/α,β-unsaturated/α-hetero) is 1. The first-order valence-corrected chi connectivity index (χ1v) is 9.15. The van der Waals surface area contributed by atoms with E-state index in [0.717, 1.165) is 0 Å². The van der Waals surface area contributed by atoms with Crippen LogP contribution in [0.5, 0.6) is 11.5 Å². The van der Waals surface area contributed by atoms with Gasteiger partial charge in [-0.2, -0.15) is 0 Å². The van der Waals surface area contributed by atoms with Gasteiger partial charge in [-0.3, -0.25) is 4.79 Å². The van der Waals surface area contributed by atoms with E-state index >= 15 is 0 Å². The van der Waals surface area contributed by atoms with Crippen molar-refractivity contribution in [3.8, 4) is 11.5 Å². The zero-order valence-corrected chi connectivity index (χ0v) is 17.5. The summed E-state index contributed by atoms with van der Waals surface area (Å²) in [5.74, 6) is 0.608. The maximum Gasteiger partial charge on any atom is 0.334 e. The van der Waals surface area contributed by atoms with Gasteiger partial charge in [-0.1, -0.05) is 6.07 Å². The van der Waals surface area contributed by atoms with Gasteiger partial charge in [0.2, 0.25) is 0 Å². The summed E-state index contributed by atoms with van der Waals surface area (Å²) < 4.78 is 25.5. The fraction of sp³-hybridized carbons (Fsp3) is 0.409. The molecule has 1 N–H and O–H groups in total. The number of rotatable bonds is 7. The van der Waals surface area contributed by atoms with Crippen molar-refractivity contribution < 1.29 is 23.7 Å². The van der Waals surface area contributed by atoms with Crippen LogP contribution < -0.4 is 10.2 Å². The van der Waals surface area contributed by atoms with Crippen LogP contribution in [0.25, 0.3) is 0 Å². The lowest BCUT2D eigenvalue weighted by Crippen LogP contribution is -2.49. The summed E-state index contributed by atoms with van der Waals surface area (Å²) in [5.41, 5.74) is 0.419. The van der Waals surface area contributed by atoms with Crippen LogP contribution in [0.2, 0.25) is 0 Å². The Morgan fingerprint density at radius 1 is 1.07 bits per heavy atom. The van der Waals surface area contributed by atoms with Crippen LogP contribution in [0, 0.1) is 19.7 Å². The maximum atomic E-state index is 13.6. The molecule has 0 bridgehead atoms. The summed E-state index contributed by atoms with van der Waals surface area (Å²) in [7, 11) is 1.48. The van der Waals surface area contributed by atoms with Crippen molar-refractivity contribution in [3.05, 3.63) is 52.8 Å². The van der Waals surface area contributed by atoms with Gasteiger partial charge in [0.1, 0.15) is 17.3 Å². The van der Waals surface area contributed by atoms with Gasteiger partial charge in [0.05, 0.1) is 11.2 Å². The number of benzene rings is 2. The minimum Gasteiger partial charge on any atom is -0.457 e. The molecule has 6 heteroatoms. The second-order valence-electron chi connectivity index (χ2n) is 8.08. The number of hydrogen-bond donors (Lipinski definition) is 1. The number of hydrogen-bond acceptors (Lipinski definition) is 4. The number of ketones is 1. The van der Waals surface area contributed by atoms with Gasteiger partial charge in [0, 0.05) is 5.56 Å². The van der Waals surface area contributed by atoms with Gasteiger partial charge >= 0.3 is 7.48 Å². The summed E-state index contributed by atoms with van der Waals surface area (Å²) >= 11 is 0. The molecule has 149 valence electrons. The minimum absolute atomic E-state index is 0.0860. The van der Waals surface area contributed by atoms with Gasteiger partial charge in [0.25, 0.3) is 0 Å². The average molecular weight is 385 g/mol. The molecule has 0 heterocycles. The zero-order valence-electron chi connectivity index (χ0n) is 17.5. The molecule has 0 saturated heterocycles. The molecule has 0 unspecified atom stereocenters. The maximum absolute atomic E-state index is 13.6. The quantitative estimate of drug-likeness (QED) is 0.572. The van der Waals surface area contributed by atoms with Gasteiger partial charge in [-0.05, 0) is 89.3 Å². The van der Waals surface area contributed by atoms with E-state index < -0.39 is 11.2 Å². The molecule has 0 spiro atoms. The predicted octanol–water partition coefficient (Wildman–Crippen LogP) is 4.25. The number of carbonyl (C=O) groups excluding carboxylic acids is 1. The molecule has 4 nitrogen and oxygen atoms in total. The first-order chi connectivity index (χ1) is 12.8. The Morgan fingerprint density at radius 2 is 1.64 bits per heavy atom. The molecule has 0 aliphatic heterocycles. The second-order valence-corrected chi connectivity index (χ2v) is 8.08. The van der Waals surface area contributed by atoms with Crippen LogP contribution in [0.15, 0.2) is 30.3 Å². The number of aliphatic hydroxyl groups is 1. The predicted molar refractivity (Wildman–Crippen MR) is 109 cm³/mol. The number of carbonyl (C=O) groups is 1. The van der Waals surface area contributed by atoms with Crippen molar-refractivity contribution in [2.75, 3.05) is 0 Å². The Hall–Kier alpha value is -2.18. The van der Waals surface area contributed by atoms with E-state index in [9.17, 15) is 14.3 Å². The van der Waals surface area contributed by atoms with E-state index in [1.165, 1.54) is 26.5 Å². The second kappa shape index (κ2) is 8.06. The van der Waals surface area contributed by atoms with Crippen LogP contribution >= 0.6 is 0 Å². The molecule has 0 amide bonds. The highest BCUT2D eigenvalue weighted by molar-refractivity contribution is 6.48. The molecule has 1 radical (unpaired) electrons. The standard InChI is InChI=1S/C22H27BFO4/c1-13-10-17(24)11-14(2)20(13)27-19-9-8-16(15(3)25)12-18(19)23-28-22(6,7)21(4,5)26/h8-12,26H,1-7H3. The molecule has 28 heavy (non-hydrogen) atoms. The number of ether oxygens (including phenoxy) is 1. The Morgan fingerprint density at radius 3 is 2.14 bits per heavy atom. The summed E-state index contributed by atoms with van der Waals surface area (Å²) in [5, 5.41) is 10.3. The lowest BCUT2D eigenvalue weighted by molar-refractivity contribution is -0.0893. The number of aryl methyl sites for hydroxylation is 2.